The molecule has 0 unspecified atom stereocenters. The Bertz CT molecular complexity index is 3150. The SMILES string of the molecule is C=CC(=O)OCCCCCCOc1ccc(OC(=O)C2CCC(C(=O)Oc3cc(/C=N/Nc4nc5ccccc5s4)c(OC(=O)C4CCC(C(=O)Oc5ccc(OCCOCCCOC(=O)C=C)cc5)CC4)c4ccccc34)CC2)cc1. The number of rotatable bonds is 29. The minimum atomic E-state index is -0.504. The molecule has 5 aromatic carbocycles. The summed E-state index contributed by atoms with van der Waals surface area (Å²) in [5.41, 5.74) is 4.18. The van der Waals surface area contributed by atoms with Crippen LogP contribution in [0.5, 0.6) is 34.5 Å². The fraction of sp³-hybridized carbons (Fsp3) is 0.365. The largest absolute Gasteiger partial charge is 0.494 e. The van der Waals surface area contributed by atoms with Crippen molar-refractivity contribution in [1.29, 1.82) is 0 Å². The molecule has 2 aliphatic carbocycles. The smallest absolute Gasteiger partial charge is 0.330 e. The summed E-state index contributed by atoms with van der Waals surface area (Å²) in [6.07, 6.45) is 11.1. The Kier molecular flexibility index (Phi) is 22.5. The second-order valence-corrected chi connectivity index (χ2v) is 20.8. The van der Waals surface area contributed by atoms with Gasteiger partial charge in [0, 0.05) is 41.5 Å². The van der Waals surface area contributed by atoms with E-state index in [1.54, 1.807) is 72.8 Å². The number of para-hydroxylation sites is 1. The van der Waals surface area contributed by atoms with Gasteiger partial charge < -0.3 is 42.6 Å². The molecule has 2 aliphatic rings. The fourth-order valence-corrected chi connectivity index (χ4v) is 10.3. The van der Waals surface area contributed by atoms with E-state index in [0.717, 1.165) is 48.1 Å². The van der Waals surface area contributed by atoms with Crippen molar-refractivity contribution in [1.82, 2.24) is 4.98 Å². The normalized spacial score (nSPS) is 16.8. The van der Waals surface area contributed by atoms with Crippen LogP contribution in [0.4, 0.5) is 5.13 Å². The topological polar surface area (TPSA) is 223 Å². The molecule has 0 saturated heterocycles. The highest BCUT2D eigenvalue weighted by Gasteiger charge is 2.35. The molecule has 1 N–H and O–H groups in total. The maximum atomic E-state index is 14.1. The molecule has 2 saturated carbocycles. The van der Waals surface area contributed by atoms with E-state index in [1.165, 1.54) is 17.6 Å². The zero-order chi connectivity index (χ0) is 57.5. The lowest BCUT2D eigenvalue weighted by molar-refractivity contribution is -0.145. The van der Waals surface area contributed by atoms with Crippen LogP contribution in [0.3, 0.4) is 0 Å². The third-order valence-electron chi connectivity index (χ3n) is 14.0. The van der Waals surface area contributed by atoms with Crippen LogP contribution < -0.4 is 33.8 Å². The van der Waals surface area contributed by atoms with E-state index >= 15 is 0 Å². The van der Waals surface area contributed by atoms with Gasteiger partial charge in [0.15, 0.2) is 0 Å². The second-order valence-electron chi connectivity index (χ2n) is 19.7. The Morgan fingerprint density at radius 1 is 0.524 bits per heavy atom. The molecule has 0 bridgehead atoms. The number of unbranched alkanes of at least 4 members (excludes halogenated alkanes) is 3. The highest BCUT2D eigenvalue weighted by Crippen LogP contribution is 2.40. The molecule has 18 nitrogen and oxygen atoms in total. The molecule has 0 spiro atoms. The Hall–Kier alpha value is -8.42. The lowest BCUT2D eigenvalue weighted by atomic mass is 9.82. The van der Waals surface area contributed by atoms with Crippen LogP contribution in [0.2, 0.25) is 0 Å². The van der Waals surface area contributed by atoms with Crippen molar-refractivity contribution in [3.05, 3.63) is 134 Å². The number of esters is 6. The van der Waals surface area contributed by atoms with Gasteiger partial charge in [-0.25, -0.2) is 14.6 Å². The number of aromatic nitrogens is 1. The summed E-state index contributed by atoms with van der Waals surface area (Å²) in [5.74, 6) is -1.83. The molecule has 8 rings (SSSR count). The lowest BCUT2D eigenvalue weighted by Gasteiger charge is -2.27. The van der Waals surface area contributed by atoms with Crippen molar-refractivity contribution in [3.8, 4) is 34.5 Å². The van der Waals surface area contributed by atoms with E-state index in [4.69, 9.17) is 42.6 Å². The summed E-state index contributed by atoms with van der Waals surface area (Å²) >= 11 is 1.43. The first kappa shape index (κ1) is 59.7. The van der Waals surface area contributed by atoms with E-state index < -0.39 is 47.5 Å². The Labute approximate surface area is 479 Å². The second kappa shape index (κ2) is 31.0. The quantitative estimate of drug-likeness (QED) is 0.0115. The summed E-state index contributed by atoms with van der Waals surface area (Å²) in [4.78, 5) is 81.6. The molecular formula is C63H67N3O15S. The van der Waals surface area contributed by atoms with Gasteiger partial charge in [0.05, 0.1) is 66.5 Å². The number of carbonyl (C=O) groups is 6. The Balaban J connectivity index is 0.836. The Morgan fingerprint density at radius 2 is 1.01 bits per heavy atom. The third kappa shape index (κ3) is 17.8. The van der Waals surface area contributed by atoms with Gasteiger partial charge in [-0.3, -0.25) is 24.6 Å². The fourth-order valence-electron chi connectivity index (χ4n) is 9.51. The predicted octanol–water partition coefficient (Wildman–Crippen LogP) is 11.7. The number of hydrogen-bond acceptors (Lipinski definition) is 19. The summed E-state index contributed by atoms with van der Waals surface area (Å²) in [5, 5.41) is 6.11. The van der Waals surface area contributed by atoms with Gasteiger partial charge in [-0.05, 0) is 144 Å². The van der Waals surface area contributed by atoms with Gasteiger partial charge in [0.25, 0.3) is 0 Å². The zero-order valence-corrected chi connectivity index (χ0v) is 46.4. The van der Waals surface area contributed by atoms with E-state index in [9.17, 15) is 28.8 Å². The first-order chi connectivity index (χ1) is 40.0. The van der Waals surface area contributed by atoms with E-state index in [0.29, 0.717) is 135 Å². The number of nitrogens with one attached hydrogen (secondary N) is 1. The summed E-state index contributed by atoms with van der Waals surface area (Å²) in [6.45, 7) is 8.94. The monoisotopic (exact) mass is 1140 g/mol. The van der Waals surface area contributed by atoms with Crippen molar-refractivity contribution < 1.29 is 71.4 Å². The van der Waals surface area contributed by atoms with Crippen LogP contribution in [0, 0.1) is 23.7 Å². The molecule has 6 aromatic rings. The molecule has 1 aromatic heterocycles. The molecule has 0 amide bonds. The van der Waals surface area contributed by atoms with E-state index in [1.807, 2.05) is 30.3 Å². The first-order valence-electron chi connectivity index (χ1n) is 27.7. The Morgan fingerprint density at radius 3 is 1.59 bits per heavy atom. The minimum Gasteiger partial charge on any atom is -0.494 e. The van der Waals surface area contributed by atoms with Gasteiger partial charge in [0.1, 0.15) is 41.1 Å². The molecule has 1 heterocycles. The standard InChI is InChI=1S/C63H67N3O15S/c1-3-56(67)76-36-12-6-5-11-35-74-47-26-30-49(31-27-47)78-59(69)42-18-22-44(23-19-42)61(71)80-54-40-46(41-64-66-63-65-53-16-9-10-17-55(53)82-63)58(52-15-8-7-14-51(52)54)81-62(72)45-24-20-43(21-25-45)60(70)79-50-32-28-48(29-33-50)75-39-38-73-34-13-37-77-57(68)4-2/h3-4,7-10,14-17,26-33,40-45H,1-2,5-6,11-13,18-25,34-39H2,(H,65,66)/b64-41+. The highest BCUT2D eigenvalue weighted by molar-refractivity contribution is 7.22. The first-order valence-corrected chi connectivity index (χ1v) is 28.5. The van der Waals surface area contributed by atoms with Gasteiger partial charge in [-0.15, -0.1) is 0 Å². The van der Waals surface area contributed by atoms with Crippen molar-refractivity contribution in [2.75, 3.05) is 45.1 Å². The van der Waals surface area contributed by atoms with Crippen LogP contribution in [0.25, 0.3) is 21.0 Å². The molecule has 0 atom stereocenters. The van der Waals surface area contributed by atoms with Crippen LogP contribution >= 0.6 is 11.3 Å². The number of benzene rings is 5. The predicted molar refractivity (Wildman–Crippen MR) is 308 cm³/mol. The van der Waals surface area contributed by atoms with Crippen LogP contribution in [-0.2, 0) is 43.0 Å². The van der Waals surface area contributed by atoms with Gasteiger partial charge in [-0.1, -0.05) is 60.9 Å². The molecular weight excluding hydrogens is 1070 g/mol. The molecule has 0 aliphatic heterocycles. The molecule has 19 heteroatoms. The number of carbonyl (C=O) groups excluding carboxylic acids is 6. The maximum absolute atomic E-state index is 14.1. The highest BCUT2D eigenvalue weighted by atomic mass is 32.1. The number of ether oxygens (including phenoxy) is 9. The minimum absolute atomic E-state index is 0.232. The van der Waals surface area contributed by atoms with Crippen LogP contribution in [0.1, 0.15) is 89.0 Å². The average Bonchev–Trinajstić information content (AvgIpc) is 3.75. The summed E-state index contributed by atoms with van der Waals surface area (Å²) < 4.78 is 51.9. The van der Waals surface area contributed by atoms with Crippen LogP contribution in [-0.4, -0.2) is 86.7 Å². The van der Waals surface area contributed by atoms with Crippen molar-refractivity contribution in [2.45, 2.75) is 83.5 Å². The van der Waals surface area contributed by atoms with E-state index in [2.05, 4.69) is 28.7 Å². The third-order valence-corrected chi connectivity index (χ3v) is 14.9. The number of fused-ring (bicyclic) bond motifs is 2. The summed E-state index contributed by atoms with van der Waals surface area (Å²) in [6, 6.07) is 30.2. The van der Waals surface area contributed by atoms with Gasteiger partial charge >= 0.3 is 35.8 Å². The lowest BCUT2D eigenvalue weighted by Crippen LogP contribution is -2.31. The van der Waals surface area contributed by atoms with Gasteiger partial charge in [0.2, 0.25) is 5.13 Å². The number of hydrogen-bond donors (Lipinski definition) is 1. The maximum Gasteiger partial charge on any atom is 0.330 e. The summed E-state index contributed by atoms with van der Waals surface area (Å²) in [7, 11) is 0. The van der Waals surface area contributed by atoms with E-state index in [-0.39, 0.29) is 30.0 Å². The number of nitrogens with zero attached hydrogens (tertiary/aromatic N) is 2. The number of thiazole rings is 1. The number of anilines is 1. The van der Waals surface area contributed by atoms with Gasteiger partial charge in [-0.2, -0.15) is 5.10 Å². The van der Waals surface area contributed by atoms with Crippen molar-refractivity contribution >= 4 is 79.5 Å². The molecule has 2 fully saturated rings. The van der Waals surface area contributed by atoms with Crippen molar-refractivity contribution in [2.24, 2.45) is 28.8 Å². The zero-order valence-electron chi connectivity index (χ0n) is 45.6. The number of hydrazone groups is 1. The molecule has 430 valence electrons. The molecule has 0 radical (unpaired) electrons. The van der Waals surface area contributed by atoms with Crippen LogP contribution in [0.15, 0.2) is 134 Å². The van der Waals surface area contributed by atoms with Crippen molar-refractivity contribution in [3.63, 3.8) is 0 Å². The molecule has 82 heavy (non-hydrogen) atoms. The average molecular weight is 1140 g/mol.